The second kappa shape index (κ2) is 5.87. The molecule has 1 amide bonds. The number of hydrogen-bond donors (Lipinski definition) is 2. The molecule has 98 valence electrons. The lowest BCUT2D eigenvalue weighted by Crippen LogP contribution is -2.29. The zero-order valence-electron chi connectivity index (χ0n) is 10.7. The molecule has 18 heavy (non-hydrogen) atoms. The van der Waals surface area contributed by atoms with Gasteiger partial charge in [0.1, 0.15) is 6.10 Å². The molecule has 0 spiro atoms. The van der Waals surface area contributed by atoms with Gasteiger partial charge in [0, 0.05) is 24.5 Å². The van der Waals surface area contributed by atoms with Crippen molar-refractivity contribution in [2.45, 2.75) is 32.3 Å². The van der Waals surface area contributed by atoms with Crippen molar-refractivity contribution in [3.8, 4) is 0 Å². The molecule has 0 aliphatic carbocycles. The topological polar surface area (TPSA) is 52.6 Å². The van der Waals surface area contributed by atoms with E-state index >= 15 is 0 Å². The molecular weight excluding hydrogens is 228 g/mol. The molecule has 1 aromatic carbocycles. The highest BCUT2D eigenvalue weighted by atomic mass is 16.3. The molecule has 1 fully saturated rings. The molecule has 4 nitrogen and oxygen atoms in total. The fraction of sp³-hybridized carbons (Fsp3) is 0.500. The van der Waals surface area contributed by atoms with Crippen LogP contribution in [0.3, 0.4) is 0 Å². The SMILES string of the molecule is CC(O)C(=O)Nc1cccc(N2CCCCC2)c1. The Morgan fingerprint density at radius 1 is 1.33 bits per heavy atom. The largest absolute Gasteiger partial charge is 0.384 e. The van der Waals surface area contributed by atoms with Crippen molar-refractivity contribution < 1.29 is 9.90 Å². The van der Waals surface area contributed by atoms with E-state index in [2.05, 4.69) is 16.3 Å². The molecule has 0 aromatic heterocycles. The van der Waals surface area contributed by atoms with Crippen molar-refractivity contribution in [1.29, 1.82) is 0 Å². The van der Waals surface area contributed by atoms with Crippen LogP contribution in [-0.2, 0) is 4.79 Å². The summed E-state index contributed by atoms with van der Waals surface area (Å²) in [4.78, 5) is 13.8. The van der Waals surface area contributed by atoms with Gasteiger partial charge in [-0.15, -0.1) is 0 Å². The van der Waals surface area contributed by atoms with Gasteiger partial charge in [0.25, 0.3) is 5.91 Å². The number of piperidine rings is 1. The van der Waals surface area contributed by atoms with Crippen molar-refractivity contribution in [1.82, 2.24) is 0 Å². The standard InChI is InChI=1S/C14H20N2O2/c1-11(17)14(18)15-12-6-5-7-13(10-12)16-8-3-2-4-9-16/h5-7,10-11,17H,2-4,8-9H2,1H3,(H,15,18). The first-order valence-corrected chi connectivity index (χ1v) is 6.51. The predicted molar refractivity (Wildman–Crippen MR) is 72.8 cm³/mol. The van der Waals surface area contributed by atoms with Gasteiger partial charge >= 0.3 is 0 Å². The molecule has 1 aliphatic heterocycles. The number of nitrogens with one attached hydrogen (secondary N) is 1. The van der Waals surface area contributed by atoms with Crippen molar-refractivity contribution >= 4 is 17.3 Å². The molecule has 2 N–H and O–H groups in total. The zero-order chi connectivity index (χ0) is 13.0. The number of nitrogens with zero attached hydrogens (tertiary/aromatic N) is 1. The van der Waals surface area contributed by atoms with Crippen LogP contribution in [0.5, 0.6) is 0 Å². The van der Waals surface area contributed by atoms with Gasteiger partial charge in [-0.3, -0.25) is 4.79 Å². The first-order valence-electron chi connectivity index (χ1n) is 6.51. The maximum absolute atomic E-state index is 11.4. The van der Waals surface area contributed by atoms with Crippen LogP contribution >= 0.6 is 0 Å². The van der Waals surface area contributed by atoms with E-state index in [1.54, 1.807) is 0 Å². The number of rotatable bonds is 3. The molecule has 1 aromatic rings. The van der Waals surface area contributed by atoms with Crippen molar-refractivity contribution in [3.05, 3.63) is 24.3 Å². The third-order valence-corrected chi connectivity index (χ3v) is 3.21. The summed E-state index contributed by atoms with van der Waals surface area (Å²) in [5.41, 5.74) is 1.88. The van der Waals surface area contributed by atoms with E-state index < -0.39 is 6.10 Å². The minimum absolute atomic E-state index is 0.370. The summed E-state index contributed by atoms with van der Waals surface area (Å²) < 4.78 is 0. The lowest BCUT2D eigenvalue weighted by molar-refractivity contribution is -0.123. The van der Waals surface area contributed by atoms with Crippen LogP contribution in [0, 0.1) is 0 Å². The summed E-state index contributed by atoms with van der Waals surface area (Å²) >= 11 is 0. The first-order chi connectivity index (χ1) is 8.66. The third-order valence-electron chi connectivity index (χ3n) is 3.21. The van der Waals surface area contributed by atoms with Crippen LogP contribution in [0.1, 0.15) is 26.2 Å². The summed E-state index contributed by atoms with van der Waals surface area (Å²) in [6.45, 7) is 3.62. The smallest absolute Gasteiger partial charge is 0.252 e. The number of aliphatic hydroxyl groups excluding tert-OH is 1. The second-order valence-electron chi connectivity index (χ2n) is 4.76. The van der Waals surface area contributed by atoms with E-state index in [0.29, 0.717) is 0 Å². The van der Waals surface area contributed by atoms with E-state index in [4.69, 9.17) is 0 Å². The Hall–Kier alpha value is -1.55. The van der Waals surface area contributed by atoms with Gasteiger partial charge in [-0.2, -0.15) is 0 Å². The van der Waals surface area contributed by atoms with Crippen molar-refractivity contribution in [2.24, 2.45) is 0 Å². The number of benzene rings is 1. The van der Waals surface area contributed by atoms with E-state index in [-0.39, 0.29) is 5.91 Å². The number of amides is 1. The molecule has 1 unspecified atom stereocenters. The van der Waals surface area contributed by atoms with Crippen molar-refractivity contribution in [3.63, 3.8) is 0 Å². The molecule has 0 saturated carbocycles. The molecule has 1 saturated heterocycles. The summed E-state index contributed by atoms with van der Waals surface area (Å²) in [6, 6.07) is 7.80. The Balaban J connectivity index is 2.07. The quantitative estimate of drug-likeness (QED) is 0.860. The predicted octanol–water partition coefficient (Wildman–Crippen LogP) is 2.00. The Morgan fingerprint density at radius 3 is 2.72 bits per heavy atom. The fourth-order valence-electron chi connectivity index (χ4n) is 2.18. The lowest BCUT2D eigenvalue weighted by atomic mass is 10.1. The Kier molecular flexibility index (Phi) is 4.20. The van der Waals surface area contributed by atoms with Crippen LogP contribution in [0.25, 0.3) is 0 Å². The van der Waals surface area contributed by atoms with Crippen LogP contribution < -0.4 is 10.2 Å². The van der Waals surface area contributed by atoms with E-state index in [9.17, 15) is 9.90 Å². The average Bonchev–Trinajstić information content (AvgIpc) is 2.40. The number of hydrogen-bond acceptors (Lipinski definition) is 3. The molecule has 4 heteroatoms. The van der Waals surface area contributed by atoms with Gasteiger partial charge in [0.05, 0.1) is 0 Å². The van der Waals surface area contributed by atoms with Crippen LogP contribution in [-0.4, -0.2) is 30.2 Å². The lowest BCUT2D eigenvalue weighted by Gasteiger charge is -2.29. The van der Waals surface area contributed by atoms with E-state index in [0.717, 1.165) is 24.5 Å². The molecular formula is C14H20N2O2. The maximum Gasteiger partial charge on any atom is 0.252 e. The highest BCUT2D eigenvalue weighted by Gasteiger charge is 2.12. The third kappa shape index (κ3) is 3.23. The van der Waals surface area contributed by atoms with Gasteiger partial charge in [0.15, 0.2) is 0 Å². The minimum Gasteiger partial charge on any atom is -0.384 e. The molecule has 0 bridgehead atoms. The maximum atomic E-state index is 11.4. The fourth-order valence-corrected chi connectivity index (χ4v) is 2.18. The van der Waals surface area contributed by atoms with Crippen LogP contribution in [0.2, 0.25) is 0 Å². The summed E-state index contributed by atoms with van der Waals surface area (Å²) in [5.74, 6) is -0.370. The molecule has 1 heterocycles. The number of aliphatic hydroxyl groups is 1. The average molecular weight is 248 g/mol. The Bertz CT molecular complexity index is 412. The van der Waals surface area contributed by atoms with E-state index in [1.807, 2.05) is 18.2 Å². The van der Waals surface area contributed by atoms with Gasteiger partial charge in [-0.1, -0.05) is 6.07 Å². The molecule has 1 aliphatic rings. The first kappa shape index (κ1) is 12.9. The van der Waals surface area contributed by atoms with Gasteiger partial charge < -0.3 is 15.3 Å². The molecule has 0 radical (unpaired) electrons. The number of anilines is 2. The molecule has 1 atom stereocenters. The second-order valence-corrected chi connectivity index (χ2v) is 4.76. The highest BCUT2D eigenvalue weighted by Crippen LogP contribution is 2.23. The summed E-state index contributed by atoms with van der Waals surface area (Å²) in [7, 11) is 0. The number of carbonyl (C=O) groups is 1. The van der Waals surface area contributed by atoms with E-state index in [1.165, 1.54) is 26.2 Å². The van der Waals surface area contributed by atoms with Crippen molar-refractivity contribution in [2.75, 3.05) is 23.3 Å². The Morgan fingerprint density at radius 2 is 2.06 bits per heavy atom. The number of carbonyl (C=O) groups excluding carboxylic acids is 1. The summed E-state index contributed by atoms with van der Waals surface area (Å²) in [6.07, 6.45) is 2.77. The minimum atomic E-state index is -0.983. The normalized spacial score (nSPS) is 17.3. The zero-order valence-corrected chi connectivity index (χ0v) is 10.7. The van der Waals surface area contributed by atoms with Gasteiger partial charge in [-0.25, -0.2) is 0 Å². The summed E-state index contributed by atoms with van der Waals surface area (Å²) in [5, 5.41) is 11.9. The van der Waals surface area contributed by atoms with Crippen LogP contribution in [0.4, 0.5) is 11.4 Å². The van der Waals surface area contributed by atoms with Crippen LogP contribution in [0.15, 0.2) is 24.3 Å². The highest BCUT2D eigenvalue weighted by molar-refractivity contribution is 5.94. The Labute approximate surface area is 108 Å². The molecule has 2 rings (SSSR count). The monoisotopic (exact) mass is 248 g/mol. The van der Waals surface area contributed by atoms with Gasteiger partial charge in [-0.05, 0) is 44.4 Å². The van der Waals surface area contributed by atoms with Gasteiger partial charge in [0.2, 0.25) is 0 Å².